The lowest BCUT2D eigenvalue weighted by Gasteiger charge is -2.21. The highest BCUT2D eigenvalue weighted by molar-refractivity contribution is 5.86. The molecule has 4 aliphatic rings. The number of cyclic esters (lactones) is 1. The van der Waals surface area contributed by atoms with Crippen molar-refractivity contribution in [1.82, 2.24) is 0 Å². The van der Waals surface area contributed by atoms with E-state index in [0.29, 0.717) is 25.4 Å². The summed E-state index contributed by atoms with van der Waals surface area (Å²) in [7, 11) is 0. The minimum Gasteiger partial charge on any atom is -0.465 e. The van der Waals surface area contributed by atoms with Crippen LogP contribution in [-0.2, 0) is 19.1 Å². The number of carbonyl (C=O) groups excluding carboxylic acids is 2. The minimum absolute atomic E-state index is 0.0238. The van der Waals surface area contributed by atoms with Crippen LogP contribution in [0.15, 0.2) is 0 Å². The highest BCUT2D eigenvalue weighted by atomic mass is 16.5. The standard InChI is InChI=1S/C23H36O5/c24-17(5-1-3-9-22(11-12-22)18-7-15-28-21(18)26)6-2-4-10-23(13-14-23)20-19(25)8-16-27-20/h17-18,20,24H,1-16H2. The normalized spacial score (nSPS) is 31.0. The Balaban J connectivity index is 1.06. The van der Waals surface area contributed by atoms with Gasteiger partial charge in [-0.05, 0) is 63.2 Å². The van der Waals surface area contributed by atoms with Crippen LogP contribution >= 0.6 is 0 Å². The molecular formula is C23H36O5. The summed E-state index contributed by atoms with van der Waals surface area (Å²) in [5.41, 5.74) is 0.370. The molecule has 158 valence electrons. The molecule has 3 unspecified atom stereocenters. The van der Waals surface area contributed by atoms with E-state index in [9.17, 15) is 14.7 Å². The first kappa shape index (κ1) is 20.3. The zero-order valence-electron chi connectivity index (χ0n) is 17.1. The van der Waals surface area contributed by atoms with Crippen molar-refractivity contribution in [3.63, 3.8) is 0 Å². The maximum Gasteiger partial charge on any atom is 0.309 e. The van der Waals surface area contributed by atoms with Gasteiger partial charge in [-0.1, -0.05) is 25.7 Å². The fourth-order valence-corrected chi connectivity index (χ4v) is 5.67. The van der Waals surface area contributed by atoms with Gasteiger partial charge in [-0.3, -0.25) is 9.59 Å². The van der Waals surface area contributed by atoms with Crippen molar-refractivity contribution in [3.8, 4) is 0 Å². The van der Waals surface area contributed by atoms with Crippen LogP contribution < -0.4 is 0 Å². The third-order valence-electron chi connectivity index (χ3n) is 7.86. The van der Waals surface area contributed by atoms with Crippen LogP contribution in [0.4, 0.5) is 0 Å². The average Bonchev–Trinajstić information content (AvgIpc) is 3.56. The van der Waals surface area contributed by atoms with Gasteiger partial charge >= 0.3 is 5.97 Å². The Morgan fingerprint density at radius 3 is 2.07 bits per heavy atom. The molecule has 2 saturated heterocycles. The predicted molar refractivity (Wildman–Crippen MR) is 105 cm³/mol. The van der Waals surface area contributed by atoms with E-state index in [-0.39, 0.29) is 34.9 Å². The second-order valence-electron chi connectivity index (χ2n) is 9.85. The van der Waals surface area contributed by atoms with Gasteiger partial charge in [-0.25, -0.2) is 0 Å². The summed E-state index contributed by atoms with van der Waals surface area (Å²) in [6.07, 6.45) is 13.9. The molecule has 4 rings (SSSR count). The van der Waals surface area contributed by atoms with Gasteiger partial charge in [0.15, 0.2) is 5.78 Å². The molecule has 0 bridgehead atoms. The SMILES string of the molecule is O=C1OCCC1C1(CCCCC(O)CCCCC2(C3OCCC3=O)CC2)CC1. The Morgan fingerprint density at radius 1 is 0.929 bits per heavy atom. The number of aliphatic hydroxyl groups excluding tert-OH is 1. The van der Waals surface area contributed by atoms with Gasteiger partial charge in [-0.15, -0.1) is 0 Å². The van der Waals surface area contributed by atoms with Gasteiger partial charge in [0, 0.05) is 11.8 Å². The van der Waals surface area contributed by atoms with Crippen molar-refractivity contribution >= 4 is 11.8 Å². The molecule has 2 heterocycles. The summed E-state index contributed by atoms with van der Waals surface area (Å²) >= 11 is 0. The molecule has 28 heavy (non-hydrogen) atoms. The summed E-state index contributed by atoms with van der Waals surface area (Å²) in [5, 5.41) is 10.3. The zero-order chi connectivity index (χ0) is 19.6. The fraction of sp³-hybridized carbons (Fsp3) is 0.913. The lowest BCUT2D eigenvalue weighted by Crippen LogP contribution is -2.28. The zero-order valence-corrected chi connectivity index (χ0v) is 17.1. The number of hydrogen-bond acceptors (Lipinski definition) is 5. The van der Waals surface area contributed by atoms with Crippen molar-refractivity contribution in [3.05, 3.63) is 0 Å². The maximum absolute atomic E-state index is 11.9. The molecule has 2 aliphatic heterocycles. The molecule has 5 heteroatoms. The molecule has 0 aromatic carbocycles. The smallest absolute Gasteiger partial charge is 0.309 e. The summed E-state index contributed by atoms with van der Waals surface area (Å²) in [6.45, 7) is 1.21. The Morgan fingerprint density at radius 2 is 1.57 bits per heavy atom. The van der Waals surface area contributed by atoms with Gasteiger partial charge in [0.1, 0.15) is 6.10 Å². The van der Waals surface area contributed by atoms with E-state index >= 15 is 0 Å². The molecule has 1 N–H and O–H groups in total. The predicted octanol–water partition coefficient (Wildman–Crippen LogP) is 3.95. The number of esters is 1. The first-order valence-electron chi connectivity index (χ1n) is 11.5. The van der Waals surface area contributed by atoms with E-state index in [1.807, 2.05) is 0 Å². The van der Waals surface area contributed by atoms with E-state index in [1.54, 1.807) is 0 Å². The second-order valence-corrected chi connectivity index (χ2v) is 9.85. The number of hydrogen-bond donors (Lipinski definition) is 1. The molecule has 0 radical (unpaired) electrons. The summed E-state index contributed by atoms with van der Waals surface area (Å²) in [6, 6.07) is 0. The Labute approximate surface area is 168 Å². The summed E-state index contributed by atoms with van der Waals surface area (Å²) < 4.78 is 10.8. The van der Waals surface area contributed by atoms with Crippen molar-refractivity contribution in [2.75, 3.05) is 13.2 Å². The van der Waals surface area contributed by atoms with Crippen molar-refractivity contribution in [1.29, 1.82) is 0 Å². The van der Waals surface area contributed by atoms with E-state index in [4.69, 9.17) is 9.47 Å². The summed E-state index contributed by atoms with van der Waals surface area (Å²) in [5.74, 6) is 0.468. The van der Waals surface area contributed by atoms with Gasteiger partial charge in [-0.2, -0.15) is 0 Å². The molecule has 0 spiro atoms. The van der Waals surface area contributed by atoms with Crippen LogP contribution in [0.1, 0.15) is 89.9 Å². The fourth-order valence-electron chi connectivity index (χ4n) is 5.67. The molecule has 0 amide bonds. The lowest BCUT2D eigenvalue weighted by molar-refractivity contribution is -0.143. The quantitative estimate of drug-likeness (QED) is 0.402. The molecule has 0 aromatic rings. The first-order valence-corrected chi connectivity index (χ1v) is 11.5. The average molecular weight is 393 g/mol. The van der Waals surface area contributed by atoms with Crippen molar-refractivity contribution in [2.24, 2.45) is 16.7 Å². The largest absolute Gasteiger partial charge is 0.465 e. The van der Waals surface area contributed by atoms with Crippen molar-refractivity contribution < 1.29 is 24.2 Å². The van der Waals surface area contributed by atoms with Gasteiger partial charge in [0.25, 0.3) is 0 Å². The van der Waals surface area contributed by atoms with Gasteiger partial charge in [0.05, 0.1) is 25.2 Å². The lowest BCUT2D eigenvalue weighted by atomic mass is 9.83. The second kappa shape index (κ2) is 8.43. The molecule has 2 aliphatic carbocycles. The highest BCUT2D eigenvalue weighted by Crippen LogP contribution is 2.58. The molecule has 3 atom stereocenters. The Bertz CT molecular complexity index is 528. The third-order valence-corrected chi connectivity index (χ3v) is 7.86. The van der Waals surface area contributed by atoms with Crippen LogP contribution in [0.3, 0.4) is 0 Å². The molecule has 5 nitrogen and oxygen atoms in total. The molecular weight excluding hydrogens is 356 g/mol. The molecule has 4 fully saturated rings. The van der Waals surface area contributed by atoms with Crippen LogP contribution in [0, 0.1) is 16.7 Å². The topological polar surface area (TPSA) is 72.8 Å². The van der Waals surface area contributed by atoms with Crippen LogP contribution in [-0.4, -0.2) is 42.3 Å². The van der Waals surface area contributed by atoms with Crippen LogP contribution in [0.5, 0.6) is 0 Å². The number of carbonyl (C=O) groups is 2. The first-order chi connectivity index (χ1) is 13.5. The van der Waals surface area contributed by atoms with Gasteiger partial charge in [0.2, 0.25) is 0 Å². The monoisotopic (exact) mass is 392 g/mol. The van der Waals surface area contributed by atoms with E-state index < -0.39 is 0 Å². The minimum atomic E-state index is -0.217. The van der Waals surface area contributed by atoms with Crippen molar-refractivity contribution in [2.45, 2.75) is 102 Å². The number of Topliss-reactive ketones (excluding diaryl/α,β-unsaturated/α-hetero) is 1. The number of aliphatic hydroxyl groups is 1. The van der Waals surface area contributed by atoms with Crippen LogP contribution in [0.25, 0.3) is 0 Å². The van der Waals surface area contributed by atoms with E-state index in [2.05, 4.69) is 0 Å². The molecule has 2 saturated carbocycles. The highest BCUT2D eigenvalue weighted by Gasteiger charge is 2.54. The maximum atomic E-state index is 11.9. The molecule has 0 aromatic heterocycles. The van der Waals surface area contributed by atoms with E-state index in [0.717, 1.165) is 70.6 Å². The Hall–Kier alpha value is -0.940. The number of unbranched alkanes of at least 4 members (excludes halogenated alkanes) is 2. The number of rotatable bonds is 12. The third kappa shape index (κ3) is 4.46. The number of ketones is 1. The van der Waals surface area contributed by atoms with Gasteiger partial charge < -0.3 is 14.6 Å². The van der Waals surface area contributed by atoms with E-state index in [1.165, 1.54) is 12.8 Å². The Kier molecular flexibility index (Phi) is 6.12. The number of ether oxygens (including phenoxy) is 2. The summed E-state index contributed by atoms with van der Waals surface area (Å²) in [4.78, 5) is 23.8. The van der Waals surface area contributed by atoms with Crippen LogP contribution in [0.2, 0.25) is 0 Å².